The van der Waals surface area contributed by atoms with E-state index in [4.69, 9.17) is 5.73 Å². The van der Waals surface area contributed by atoms with E-state index in [1.807, 2.05) is 0 Å². The minimum atomic E-state index is -2.72. The Bertz CT molecular complexity index is 1320. The third kappa shape index (κ3) is 3.67. The molecule has 10 nitrogen and oxygen atoms in total. The Morgan fingerprint density at radius 3 is 2.50 bits per heavy atom. The lowest BCUT2D eigenvalue weighted by molar-refractivity contribution is -0.153. The average molecular weight is 530 g/mol. The Morgan fingerprint density at radius 2 is 1.92 bits per heavy atom. The molecule has 11 heteroatoms. The van der Waals surface area contributed by atoms with Gasteiger partial charge in [-0.1, -0.05) is 6.42 Å². The fraction of sp³-hybridized carbons (Fsp3) is 0.519. The number of carbonyl (C=O) groups is 3. The Balaban J connectivity index is 1.59. The van der Waals surface area contributed by atoms with Gasteiger partial charge in [-0.3, -0.25) is 19.3 Å². The first-order chi connectivity index (χ1) is 17.9. The van der Waals surface area contributed by atoms with Crippen LogP contribution in [-0.4, -0.2) is 75.1 Å². The lowest BCUT2D eigenvalue weighted by Crippen LogP contribution is -2.65. The summed E-state index contributed by atoms with van der Waals surface area (Å²) in [5.41, 5.74) is 1.43. The van der Waals surface area contributed by atoms with Crippen molar-refractivity contribution in [2.75, 3.05) is 20.6 Å². The number of phenolic OH excluding ortho intramolecular Hbond substituents is 1. The van der Waals surface area contributed by atoms with Crippen molar-refractivity contribution in [3.63, 3.8) is 0 Å². The summed E-state index contributed by atoms with van der Waals surface area (Å²) >= 11 is 0. The highest BCUT2D eigenvalue weighted by molar-refractivity contribution is 6.24. The number of ketones is 2. The zero-order valence-corrected chi connectivity index (χ0v) is 21.3. The molecule has 4 atom stereocenters. The molecule has 5 rings (SSSR count). The first kappa shape index (κ1) is 26.3. The van der Waals surface area contributed by atoms with Crippen LogP contribution in [0.1, 0.15) is 42.4 Å². The second kappa shape index (κ2) is 9.18. The Labute approximate surface area is 218 Å². The van der Waals surface area contributed by atoms with Crippen LogP contribution in [0.15, 0.2) is 23.0 Å². The quantitative estimate of drug-likeness (QED) is 0.294. The van der Waals surface area contributed by atoms with Gasteiger partial charge in [0, 0.05) is 29.2 Å². The molecule has 1 amide bonds. The normalized spacial score (nSPS) is 29.2. The molecule has 0 radical (unpaired) electrons. The molecule has 1 aromatic carbocycles. The summed E-state index contributed by atoms with van der Waals surface area (Å²) in [6.07, 6.45) is 3.26. The van der Waals surface area contributed by atoms with Gasteiger partial charge in [0.15, 0.2) is 11.4 Å². The first-order valence-electron chi connectivity index (χ1n) is 12.8. The van der Waals surface area contributed by atoms with Crippen molar-refractivity contribution in [2.24, 2.45) is 23.5 Å². The summed E-state index contributed by atoms with van der Waals surface area (Å²) in [5.74, 6) is -7.61. The van der Waals surface area contributed by atoms with E-state index in [-0.39, 0.29) is 41.6 Å². The summed E-state index contributed by atoms with van der Waals surface area (Å²) in [7, 11) is 3.04. The van der Waals surface area contributed by atoms with Crippen molar-refractivity contribution in [1.82, 2.24) is 10.2 Å². The number of rotatable bonds is 6. The zero-order valence-electron chi connectivity index (χ0n) is 21.3. The van der Waals surface area contributed by atoms with Crippen LogP contribution in [-0.2, 0) is 27.3 Å². The molecule has 38 heavy (non-hydrogen) atoms. The minimum Gasteiger partial charge on any atom is -0.508 e. The molecule has 4 aliphatic carbocycles. The number of phenols is 1. The number of Topliss-reactive ketones (excluding diaryl/α,β-unsaturated/α-hetero) is 2. The van der Waals surface area contributed by atoms with Crippen LogP contribution in [0.25, 0.3) is 5.76 Å². The SMILES string of the molecule is CN(C)[C@@H]1C(=O)C(C(N)=O)=C(O)[C@@]2(O)C(=O)C3=C(O)c4c(O)cc(CNCC5CCC5)c(F)c4C[C@H]3C[C@@H]12. The Kier molecular flexibility index (Phi) is 6.36. The van der Waals surface area contributed by atoms with Gasteiger partial charge in [0.05, 0.1) is 11.6 Å². The molecule has 0 aromatic heterocycles. The summed E-state index contributed by atoms with van der Waals surface area (Å²) < 4.78 is 15.7. The van der Waals surface area contributed by atoms with Gasteiger partial charge < -0.3 is 31.5 Å². The smallest absolute Gasteiger partial charge is 0.255 e. The van der Waals surface area contributed by atoms with Crippen molar-refractivity contribution in [2.45, 2.75) is 50.3 Å². The number of hydrogen-bond acceptors (Lipinski definition) is 9. The van der Waals surface area contributed by atoms with Gasteiger partial charge in [0.1, 0.15) is 28.7 Å². The van der Waals surface area contributed by atoms with E-state index in [1.54, 1.807) is 0 Å². The molecule has 0 heterocycles. The molecule has 0 bridgehead atoms. The van der Waals surface area contributed by atoms with E-state index in [0.29, 0.717) is 5.92 Å². The zero-order chi connectivity index (χ0) is 27.7. The number of aromatic hydroxyl groups is 1. The van der Waals surface area contributed by atoms with Crippen LogP contribution in [0.2, 0.25) is 0 Å². The molecule has 204 valence electrons. The standard InChI is InChI=1S/C27H32FN3O7/c1-31(2)21-15-7-12-6-14-18(16(32)8-13(20(14)28)10-30-9-11-4-3-5-11)22(33)17(12)24(35)27(15,38)25(36)19(23(21)34)26(29)37/h8,11-12,15,21,30,32-33,36,38H,3-7,9-10H2,1-2H3,(H2,29,37)/t12-,15-,21-,27-/m0/s1. The predicted molar refractivity (Wildman–Crippen MR) is 133 cm³/mol. The number of likely N-dealkylation sites (N-methyl/N-ethyl adjacent to an activating group) is 1. The Hall–Kier alpha value is -3.28. The van der Waals surface area contributed by atoms with Crippen molar-refractivity contribution in [3.05, 3.63) is 45.5 Å². The van der Waals surface area contributed by atoms with E-state index < -0.39 is 69.6 Å². The molecule has 0 saturated heterocycles. The number of primary amides is 1. The topological polar surface area (TPSA) is 173 Å². The average Bonchev–Trinajstić information content (AvgIpc) is 2.80. The molecular weight excluding hydrogens is 497 g/mol. The predicted octanol–water partition coefficient (Wildman–Crippen LogP) is 0.993. The monoisotopic (exact) mass is 529 g/mol. The number of nitrogens with zero attached hydrogens (tertiary/aromatic N) is 1. The molecule has 7 N–H and O–H groups in total. The van der Waals surface area contributed by atoms with Crippen molar-refractivity contribution < 1.29 is 39.2 Å². The highest BCUT2D eigenvalue weighted by Gasteiger charge is 2.64. The summed E-state index contributed by atoms with van der Waals surface area (Å²) in [5, 5.41) is 47.5. The third-order valence-corrected chi connectivity index (χ3v) is 8.70. The van der Waals surface area contributed by atoms with Crippen LogP contribution < -0.4 is 11.1 Å². The fourth-order valence-corrected chi connectivity index (χ4v) is 6.58. The molecule has 0 spiro atoms. The molecule has 1 aromatic rings. The van der Waals surface area contributed by atoms with Crippen molar-refractivity contribution in [3.8, 4) is 5.75 Å². The van der Waals surface area contributed by atoms with Gasteiger partial charge in [-0.15, -0.1) is 0 Å². The first-order valence-corrected chi connectivity index (χ1v) is 12.8. The maximum absolute atomic E-state index is 15.7. The van der Waals surface area contributed by atoms with Crippen molar-refractivity contribution >= 4 is 23.2 Å². The summed E-state index contributed by atoms with van der Waals surface area (Å²) in [6, 6.07) is 0.0149. The number of aliphatic hydroxyl groups excluding tert-OH is 2. The Morgan fingerprint density at radius 1 is 1.24 bits per heavy atom. The molecule has 2 saturated carbocycles. The number of halogens is 1. The van der Waals surface area contributed by atoms with E-state index in [1.165, 1.54) is 31.5 Å². The highest BCUT2D eigenvalue weighted by atomic mass is 19.1. The van der Waals surface area contributed by atoms with Crippen LogP contribution in [0.3, 0.4) is 0 Å². The highest BCUT2D eigenvalue weighted by Crippen LogP contribution is 2.53. The van der Waals surface area contributed by atoms with Crippen LogP contribution in [0.5, 0.6) is 5.75 Å². The number of amides is 1. The molecule has 0 unspecified atom stereocenters. The van der Waals surface area contributed by atoms with Gasteiger partial charge in [-0.2, -0.15) is 0 Å². The minimum absolute atomic E-state index is 0.0380. The lowest BCUT2D eigenvalue weighted by Gasteiger charge is -2.50. The van der Waals surface area contributed by atoms with Crippen molar-refractivity contribution in [1.29, 1.82) is 0 Å². The summed E-state index contributed by atoms with van der Waals surface area (Å²) in [4.78, 5) is 40.3. The van der Waals surface area contributed by atoms with Crippen LogP contribution >= 0.6 is 0 Å². The largest absolute Gasteiger partial charge is 0.508 e. The molecule has 2 fully saturated rings. The number of nitrogens with two attached hydrogens (primary N) is 1. The van der Waals surface area contributed by atoms with Crippen LogP contribution in [0.4, 0.5) is 4.39 Å². The number of carbonyl (C=O) groups excluding carboxylic acids is 3. The van der Waals surface area contributed by atoms with E-state index in [2.05, 4.69) is 5.32 Å². The maximum Gasteiger partial charge on any atom is 0.255 e. The second-order valence-corrected chi connectivity index (χ2v) is 11.1. The van der Waals surface area contributed by atoms with Gasteiger partial charge in [-0.05, 0) is 64.2 Å². The van der Waals surface area contributed by atoms with E-state index in [9.17, 15) is 34.8 Å². The molecular formula is C27H32FN3O7. The third-order valence-electron chi connectivity index (χ3n) is 8.70. The lowest BCUT2D eigenvalue weighted by atomic mass is 9.57. The maximum atomic E-state index is 15.7. The number of hydrogen-bond donors (Lipinski definition) is 6. The number of fused-ring (bicyclic) bond motifs is 3. The van der Waals surface area contributed by atoms with Gasteiger partial charge in [0.2, 0.25) is 5.78 Å². The van der Waals surface area contributed by atoms with Gasteiger partial charge in [0.25, 0.3) is 5.91 Å². The number of aliphatic hydroxyl groups is 3. The van der Waals surface area contributed by atoms with E-state index >= 15 is 4.39 Å². The molecule has 0 aliphatic heterocycles. The number of nitrogens with one attached hydrogen (secondary N) is 1. The molecule has 4 aliphatic rings. The van der Waals surface area contributed by atoms with Gasteiger partial charge >= 0.3 is 0 Å². The fourth-order valence-electron chi connectivity index (χ4n) is 6.58. The summed E-state index contributed by atoms with van der Waals surface area (Å²) in [6.45, 7) is 0.909. The van der Waals surface area contributed by atoms with E-state index in [0.717, 1.165) is 19.4 Å². The van der Waals surface area contributed by atoms with Crippen LogP contribution in [0, 0.1) is 23.6 Å². The second-order valence-electron chi connectivity index (χ2n) is 11.1. The number of benzene rings is 1. The van der Waals surface area contributed by atoms with Gasteiger partial charge in [-0.25, -0.2) is 4.39 Å².